The van der Waals surface area contributed by atoms with Crippen LogP contribution in [0, 0.1) is 10.8 Å². The monoisotopic (exact) mass is 241 g/mol. The molecule has 0 atom stereocenters. The molecular weight excluding hydrogens is 214 g/mol. The van der Waals surface area contributed by atoms with Crippen molar-refractivity contribution in [1.29, 1.82) is 0 Å². The first kappa shape index (κ1) is 14.3. The van der Waals surface area contributed by atoms with E-state index in [2.05, 4.69) is 38.3 Å². The lowest BCUT2D eigenvalue weighted by molar-refractivity contribution is 0.0854. The highest BCUT2D eigenvalue weighted by Crippen LogP contribution is 2.45. The van der Waals surface area contributed by atoms with Gasteiger partial charge in [-0.25, -0.2) is 4.79 Å². The zero-order valence-corrected chi connectivity index (χ0v) is 11.6. The summed E-state index contributed by atoms with van der Waals surface area (Å²) >= 11 is 0. The third kappa shape index (κ3) is 5.39. The fourth-order valence-electron chi connectivity index (χ4n) is 3.45. The molecule has 4 nitrogen and oxygen atoms in total. The highest BCUT2D eigenvalue weighted by atomic mass is 16.2. The number of rotatable bonds is 4. The SMILES string of the molecule is CC1(C)CC(NCCNC(N)=O)CC(C)(C)C1. The number of nitrogens with two attached hydrogens (primary N) is 1. The summed E-state index contributed by atoms with van der Waals surface area (Å²) in [7, 11) is 0. The van der Waals surface area contributed by atoms with Crippen molar-refractivity contribution in [1.82, 2.24) is 10.6 Å². The fraction of sp³-hybridized carbons (Fsp3) is 0.923. The molecular formula is C13H27N3O. The maximum Gasteiger partial charge on any atom is 0.312 e. The topological polar surface area (TPSA) is 67.2 Å². The van der Waals surface area contributed by atoms with Crippen molar-refractivity contribution in [3.63, 3.8) is 0 Å². The lowest BCUT2D eigenvalue weighted by atomic mass is 9.63. The summed E-state index contributed by atoms with van der Waals surface area (Å²) in [5.74, 6) is 0. The van der Waals surface area contributed by atoms with Crippen LogP contribution in [0.2, 0.25) is 0 Å². The van der Waals surface area contributed by atoms with Crippen LogP contribution >= 0.6 is 0 Å². The molecule has 1 aliphatic rings. The van der Waals surface area contributed by atoms with Gasteiger partial charge in [0.1, 0.15) is 0 Å². The Hall–Kier alpha value is -0.770. The van der Waals surface area contributed by atoms with Crippen LogP contribution in [-0.4, -0.2) is 25.2 Å². The van der Waals surface area contributed by atoms with Crippen molar-refractivity contribution >= 4 is 6.03 Å². The molecule has 0 aliphatic heterocycles. The average Bonchev–Trinajstić information content (AvgIpc) is 2.06. The van der Waals surface area contributed by atoms with E-state index in [-0.39, 0.29) is 0 Å². The summed E-state index contributed by atoms with van der Waals surface area (Å²) in [6.07, 6.45) is 3.68. The summed E-state index contributed by atoms with van der Waals surface area (Å²) in [6.45, 7) is 10.7. The van der Waals surface area contributed by atoms with Crippen molar-refractivity contribution in [3.8, 4) is 0 Å². The number of urea groups is 1. The number of primary amides is 1. The van der Waals surface area contributed by atoms with E-state index in [1.807, 2.05) is 0 Å². The molecule has 0 radical (unpaired) electrons. The van der Waals surface area contributed by atoms with E-state index in [4.69, 9.17) is 5.73 Å². The van der Waals surface area contributed by atoms with Gasteiger partial charge in [-0.15, -0.1) is 0 Å². The van der Waals surface area contributed by atoms with Gasteiger partial charge in [-0.05, 0) is 30.1 Å². The fourth-order valence-corrected chi connectivity index (χ4v) is 3.45. The smallest absolute Gasteiger partial charge is 0.312 e. The van der Waals surface area contributed by atoms with E-state index < -0.39 is 6.03 Å². The third-order valence-electron chi connectivity index (χ3n) is 3.41. The Morgan fingerprint density at radius 3 is 2.18 bits per heavy atom. The first-order valence-electron chi connectivity index (χ1n) is 6.47. The predicted molar refractivity (Wildman–Crippen MR) is 70.8 cm³/mol. The molecule has 0 unspecified atom stereocenters. The highest BCUT2D eigenvalue weighted by Gasteiger charge is 2.37. The Labute approximate surface area is 105 Å². The Kier molecular flexibility index (Phi) is 4.42. The van der Waals surface area contributed by atoms with E-state index in [9.17, 15) is 4.79 Å². The van der Waals surface area contributed by atoms with Crippen molar-refractivity contribution in [2.75, 3.05) is 13.1 Å². The van der Waals surface area contributed by atoms with E-state index in [0.717, 1.165) is 6.54 Å². The minimum absolute atomic E-state index is 0.399. The van der Waals surface area contributed by atoms with E-state index in [0.29, 0.717) is 23.4 Å². The first-order valence-corrected chi connectivity index (χ1v) is 6.47. The van der Waals surface area contributed by atoms with Gasteiger partial charge in [-0.1, -0.05) is 27.7 Å². The van der Waals surface area contributed by atoms with Gasteiger partial charge < -0.3 is 16.4 Å². The maximum absolute atomic E-state index is 10.5. The zero-order chi connectivity index (χ0) is 13.1. The second-order valence-electron chi connectivity index (χ2n) is 6.86. The van der Waals surface area contributed by atoms with Crippen molar-refractivity contribution in [2.24, 2.45) is 16.6 Å². The molecule has 1 saturated carbocycles. The Morgan fingerprint density at radius 1 is 1.18 bits per heavy atom. The molecule has 0 heterocycles. The van der Waals surface area contributed by atoms with Crippen LogP contribution in [0.3, 0.4) is 0 Å². The summed E-state index contributed by atoms with van der Waals surface area (Å²) in [5, 5.41) is 6.12. The second kappa shape index (κ2) is 5.25. The molecule has 0 aromatic heterocycles. The molecule has 0 spiro atoms. The van der Waals surface area contributed by atoms with Gasteiger partial charge >= 0.3 is 6.03 Å². The maximum atomic E-state index is 10.5. The van der Waals surface area contributed by atoms with Gasteiger partial charge in [0.25, 0.3) is 0 Å². The quantitative estimate of drug-likeness (QED) is 0.658. The summed E-state index contributed by atoms with van der Waals surface area (Å²) in [5.41, 5.74) is 5.82. The molecule has 1 rings (SSSR count). The molecule has 17 heavy (non-hydrogen) atoms. The number of amides is 2. The molecule has 0 saturated heterocycles. The van der Waals surface area contributed by atoms with Gasteiger partial charge in [-0.3, -0.25) is 0 Å². The standard InChI is InChI=1S/C13H27N3O/c1-12(2)7-10(8-13(3,4)9-12)15-5-6-16-11(14)17/h10,15H,5-9H2,1-4H3,(H3,14,16,17). The first-order chi connectivity index (χ1) is 7.70. The van der Waals surface area contributed by atoms with Crippen molar-refractivity contribution < 1.29 is 4.79 Å². The van der Waals surface area contributed by atoms with Gasteiger partial charge in [0.2, 0.25) is 0 Å². The van der Waals surface area contributed by atoms with Crippen LogP contribution in [0.15, 0.2) is 0 Å². The van der Waals surface area contributed by atoms with E-state index in [1.165, 1.54) is 19.3 Å². The molecule has 4 N–H and O–H groups in total. The zero-order valence-electron chi connectivity index (χ0n) is 11.6. The Morgan fingerprint density at radius 2 is 1.71 bits per heavy atom. The number of carbonyl (C=O) groups is 1. The van der Waals surface area contributed by atoms with Crippen LogP contribution in [0.5, 0.6) is 0 Å². The minimum Gasteiger partial charge on any atom is -0.352 e. The minimum atomic E-state index is -0.448. The van der Waals surface area contributed by atoms with E-state index in [1.54, 1.807) is 0 Å². The van der Waals surface area contributed by atoms with Crippen LogP contribution in [0.1, 0.15) is 47.0 Å². The normalized spacial score (nSPS) is 23.3. The summed E-state index contributed by atoms with van der Waals surface area (Å²) in [4.78, 5) is 10.5. The molecule has 0 bridgehead atoms. The van der Waals surface area contributed by atoms with Crippen LogP contribution in [0.25, 0.3) is 0 Å². The van der Waals surface area contributed by atoms with Crippen LogP contribution < -0.4 is 16.4 Å². The van der Waals surface area contributed by atoms with Gasteiger partial charge in [0, 0.05) is 19.1 Å². The summed E-state index contributed by atoms with van der Waals surface area (Å²) in [6, 6.07) is 0.0968. The van der Waals surface area contributed by atoms with Gasteiger partial charge in [0.15, 0.2) is 0 Å². The lowest BCUT2D eigenvalue weighted by Crippen LogP contribution is -2.46. The van der Waals surface area contributed by atoms with E-state index >= 15 is 0 Å². The van der Waals surface area contributed by atoms with Crippen molar-refractivity contribution in [3.05, 3.63) is 0 Å². The Bertz CT molecular complexity index is 258. The van der Waals surface area contributed by atoms with Crippen LogP contribution in [-0.2, 0) is 0 Å². The van der Waals surface area contributed by atoms with Crippen LogP contribution in [0.4, 0.5) is 4.79 Å². The number of nitrogens with one attached hydrogen (secondary N) is 2. The predicted octanol–water partition coefficient (Wildman–Crippen LogP) is 1.85. The second-order valence-corrected chi connectivity index (χ2v) is 6.86. The van der Waals surface area contributed by atoms with Gasteiger partial charge in [0.05, 0.1) is 0 Å². The highest BCUT2D eigenvalue weighted by molar-refractivity contribution is 5.71. The molecule has 0 aromatic rings. The average molecular weight is 241 g/mol. The summed E-state index contributed by atoms with van der Waals surface area (Å²) < 4.78 is 0. The molecule has 1 aliphatic carbocycles. The van der Waals surface area contributed by atoms with Crippen molar-refractivity contribution in [2.45, 2.75) is 53.0 Å². The molecule has 1 fully saturated rings. The number of hydrogen-bond donors (Lipinski definition) is 3. The molecule has 0 aromatic carbocycles. The Balaban J connectivity index is 2.35. The molecule has 4 heteroatoms. The number of hydrogen-bond acceptors (Lipinski definition) is 2. The molecule has 2 amide bonds. The third-order valence-corrected chi connectivity index (χ3v) is 3.41. The van der Waals surface area contributed by atoms with Gasteiger partial charge in [-0.2, -0.15) is 0 Å². The lowest BCUT2D eigenvalue weighted by Gasteiger charge is -2.45. The number of carbonyl (C=O) groups excluding carboxylic acids is 1. The largest absolute Gasteiger partial charge is 0.352 e. The molecule has 100 valence electrons.